The number of alkyl halides is 4. The Morgan fingerprint density at radius 2 is 1.90 bits per heavy atom. The summed E-state index contributed by atoms with van der Waals surface area (Å²) in [7, 11) is 0. The molecule has 1 saturated heterocycles. The summed E-state index contributed by atoms with van der Waals surface area (Å²) in [6.07, 6.45) is -6.11. The molecule has 154 valence electrons. The van der Waals surface area contributed by atoms with E-state index in [2.05, 4.69) is 9.97 Å². The number of ether oxygens (including phenoxy) is 1. The first-order chi connectivity index (χ1) is 13.8. The number of halogens is 4. The predicted octanol–water partition coefficient (Wildman–Crippen LogP) is 4.63. The Hall–Kier alpha value is -2.45. The summed E-state index contributed by atoms with van der Waals surface area (Å²) >= 11 is 0. The van der Waals surface area contributed by atoms with Gasteiger partial charge in [-0.2, -0.15) is 13.2 Å². The highest BCUT2D eigenvalue weighted by Crippen LogP contribution is 2.29. The summed E-state index contributed by atoms with van der Waals surface area (Å²) in [6.45, 7) is 3.11. The van der Waals surface area contributed by atoms with Gasteiger partial charge in [0.15, 0.2) is 0 Å². The molecule has 1 N–H and O–H groups in total. The molecule has 0 saturated carbocycles. The van der Waals surface area contributed by atoms with E-state index in [9.17, 15) is 17.6 Å². The van der Waals surface area contributed by atoms with Crippen molar-refractivity contribution in [2.45, 2.75) is 38.5 Å². The molecule has 2 aromatic carbocycles. The minimum absolute atomic E-state index is 0.174. The molecule has 4 rings (SSSR count). The SMILES string of the molecule is Cc1ccc2nc(CO[C@H]3CN(Cc4ccc(C(F)(F)F)cc4)C[C@H]3F)[nH]c2c1. The minimum atomic E-state index is -4.36. The fourth-order valence-electron chi connectivity index (χ4n) is 3.58. The summed E-state index contributed by atoms with van der Waals surface area (Å²) in [6, 6.07) is 10.9. The van der Waals surface area contributed by atoms with Gasteiger partial charge in [-0.3, -0.25) is 4.90 Å². The Kier molecular flexibility index (Phi) is 5.31. The predicted molar refractivity (Wildman–Crippen MR) is 101 cm³/mol. The molecule has 0 aliphatic carbocycles. The van der Waals surface area contributed by atoms with Crippen molar-refractivity contribution in [2.75, 3.05) is 13.1 Å². The number of aryl methyl sites for hydroxylation is 1. The number of hydrogen-bond donors (Lipinski definition) is 1. The third-order valence-corrected chi connectivity index (χ3v) is 5.08. The van der Waals surface area contributed by atoms with Gasteiger partial charge in [0.1, 0.15) is 24.7 Å². The summed E-state index contributed by atoms with van der Waals surface area (Å²) in [5, 5.41) is 0. The number of rotatable bonds is 5. The Morgan fingerprint density at radius 3 is 2.62 bits per heavy atom. The van der Waals surface area contributed by atoms with Gasteiger partial charge in [0, 0.05) is 19.6 Å². The Morgan fingerprint density at radius 1 is 1.14 bits per heavy atom. The highest BCUT2D eigenvalue weighted by molar-refractivity contribution is 5.75. The summed E-state index contributed by atoms with van der Waals surface area (Å²) in [5.74, 6) is 0.638. The van der Waals surface area contributed by atoms with Crippen LogP contribution >= 0.6 is 0 Å². The number of likely N-dealkylation sites (tertiary alicyclic amines) is 1. The van der Waals surface area contributed by atoms with Crippen molar-refractivity contribution in [1.82, 2.24) is 14.9 Å². The normalized spacial score (nSPS) is 20.6. The summed E-state index contributed by atoms with van der Waals surface area (Å²) < 4.78 is 58.1. The second-order valence-corrected chi connectivity index (χ2v) is 7.46. The van der Waals surface area contributed by atoms with Crippen molar-refractivity contribution in [3.05, 3.63) is 65.0 Å². The van der Waals surface area contributed by atoms with Gasteiger partial charge in [0.05, 0.1) is 16.6 Å². The number of fused-ring (bicyclic) bond motifs is 1. The molecule has 1 aromatic heterocycles. The lowest BCUT2D eigenvalue weighted by Gasteiger charge is -2.16. The first-order valence-electron chi connectivity index (χ1n) is 9.37. The van der Waals surface area contributed by atoms with Crippen LogP contribution in [0.4, 0.5) is 17.6 Å². The molecule has 0 amide bonds. The zero-order valence-corrected chi connectivity index (χ0v) is 15.8. The van der Waals surface area contributed by atoms with Crippen molar-refractivity contribution in [3.63, 3.8) is 0 Å². The third-order valence-electron chi connectivity index (χ3n) is 5.08. The largest absolute Gasteiger partial charge is 0.416 e. The first kappa shape index (κ1) is 19.8. The van der Waals surface area contributed by atoms with Crippen LogP contribution in [0, 0.1) is 6.92 Å². The maximum Gasteiger partial charge on any atom is 0.416 e. The van der Waals surface area contributed by atoms with E-state index in [0.29, 0.717) is 24.5 Å². The summed E-state index contributed by atoms with van der Waals surface area (Å²) in [4.78, 5) is 9.47. The monoisotopic (exact) mass is 407 g/mol. The Balaban J connectivity index is 1.33. The first-order valence-corrected chi connectivity index (χ1v) is 9.37. The molecular weight excluding hydrogens is 386 g/mol. The molecule has 1 aliphatic heterocycles. The van der Waals surface area contributed by atoms with Crippen LogP contribution in [0.15, 0.2) is 42.5 Å². The average molecular weight is 407 g/mol. The minimum Gasteiger partial charge on any atom is -0.366 e. The molecule has 0 radical (unpaired) electrons. The molecule has 0 unspecified atom stereocenters. The topological polar surface area (TPSA) is 41.1 Å². The van der Waals surface area contributed by atoms with Gasteiger partial charge < -0.3 is 9.72 Å². The number of H-pyrrole nitrogens is 1. The maximum atomic E-state index is 14.4. The van der Waals surface area contributed by atoms with E-state index >= 15 is 0 Å². The Bertz CT molecular complexity index is 984. The van der Waals surface area contributed by atoms with E-state index in [4.69, 9.17) is 4.74 Å². The van der Waals surface area contributed by atoms with E-state index in [-0.39, 0.29) is 13.2 Å². The van der Waals surface area contributed by atoms with Crippen molar-refractivity contribution in [3.8, 4) is 0 Å². The molecule has 4 nitrogen and oxygen atoms in total. The van der Waals surface area contributed by atoms with E-state index < -0.39 is 24.0 Å². The van der Waals surface area contributed by atoms with E-state index in [1.807, 2.05) is 30.0 Å². The second-order valence-electron chi connectivity index (χ2n) is 7.46. The van der Waals surface area contributed by atoms with E-state index in [1.54, 1.807) is 0 Å². The lowest BCUT2D eigenvalue weighted by molar-refractivity contribution is -0.137. The van der Waals surface area contributed by atoms with Crippen LogP contribution in [0.2, 0.25) is 0 Å². The summed E-state index contributed by atoms with van der Waals surface area (Å²) in [5.41, 5.74) is 2.89. The number of hydrogen-bond acceptors (Lipinski definition) is 3. The molecule has 2 atom stereocenters. The van der Waals surface area contributed by atoms with Crippen molar-refractivity contribution in [2.24, 2.45) is 0 Å². The van der Waals surface area contributed by atoms with Crippen LogP contribution in [0.25, 0.3) is 11.0 Å². The highest BCUT2D eigenvalue weighted by Gasteiger charge is 2.34. The smallest absolute Gasteiger partial charge is 0.366 e. The molecular formula is C21H21F4N3O. The zero-order valence-electron chi connectivity index (χ0n) is 15.8. The third kappa shape index (κ3) is 4.59. The van der Waals surface area contributed by atoms with Crippen LogP contribution < -0.4 is 0 Å². The van der Waals surface area contributed by atoms with Gasteiger partial charge in [-0.05, 0) is 42.3 Å². The van der Waals surface area contributed by atoms with Crippen LogP contribution in [0.1, 0.15) is 22.5 Å². The number of nitrogens with zero attached hydrogens (tertiary/aromatic N) is 2. The number of imidazole rings is 1. The lowest BCUT2D eigenvalue weighted by atomic mass is 10.1. The molecule has 1 fully saturated rings. The number of aromatic amines is 1. The van der Waals surface area contributed by atoms with Crippen LogP contribution in [0.3, 0.4) is 0 Å². The number of nitrogens with one attached hydrogen (secondary N) is 1. The van der Waals surface area contributed by atoms with Crippen molar-refractivity contribution >= 4 is 11.0 Å². The Labute approximate surface area is 165 Å². The molecule has 2 heterocycles. The van der Waals surface area contributed by atoms with Crippen molar-refractivity contribution < 1.29 is 22.3 Å². The van der Waals surface area contributed by atoms with Gasteiger partial charge >= 0.3 is 6.18 Å². The van der Waals surface area contributed by atoms with Crippen molar-refractivity contribution in [1.29, 1.82) is 0 Å². The van der Waals surface area contributed by atoms with E-state index in [0.717, 1.165) is 28.7 Å². The maximum absolute atomic E-state index is 14.4. The fourth-order valence-corrected chi connectivity index (χ4v) is 3.58. The van der Waals surface area contributed by atoms with Crippen LogP contribution in [-0.4, -0.2) is 40.2 Å². The average Bonchev–Trinajstić information content (AvgIpc) is 3.21. The van der Waals surface area contributed by atoms with Gasteiger partial charge in [-0.25, -0.2) is 9.37 Å². The standard InChI is InChI=1S/C21H21F4N3O/c1-13-2-7-17-18(8-13)27-20(26-17)12-29-19-11-28(10-16(19)22)9-14-3-5-15(6-4-14)21(23,24)25/h2-8,16,19H,9-12H2,1H3,(H,26,27)/t16-,19+/m1/s1. The van der Waals surface area contributed by atoms with Crippen LogP contribution in [-0.2, 0) is 24.1 Å². The van der Waals surface area contributed by atoms with E-state index in [1.165, 1.54) is 12.1 Å². The molecule has 29 heavy (non-hydrogen) atoms. The van der Waals surface area contributed by atoms with Gasteiger partial charge in [-0.1, -0.05) is 18.2 Å². The van der Waals surface area contributed by atoms with Crippen LogP contribution in [0.5, 0.6) is 0 Å². The van der Waals surface area contributed by atoms with Gasteiger partial charge in [0.2, 0.25) is 0 Å². The molecule has 3 aromatic rings. The van der Waals surface area contributed by atoms with Gasteiger partial charge in [0.25, 0.3) is 0 Å². The second kappa shape index (κ2) is 7.76. The number of aromatic nitrogens is 2. The molecule has 0 spiro atoms. The fraction of sp³-hybridized carbons (Fsp3) is 0.381. The zero-order chi connectivity index (χ0) is 20.6. The molecule has 1 aliphatic rings. The quantitative estimate of drug-likeness (QED) is 0.627. The highest BCUT2D eigenvalue weighted by atomic mass is 19.4. The van der Waals surface area contributed by atoms with Gasteiger partial charge in [-0.15, -0.1) is 0 Å². The lowest BCUT2D eigenvalue weighted by Crippen LogP contribution is -2.24. The number of benzene rings is 2. The molecule has 8 heteroatoms. The molecule has 0 bridgehead atoms.